The van der Waals surface area contributed by atoms with Gasteiger partial charge in [-0.25, -0.2) is 9.83 Å². The predicted octanol–water partition coefficient (Wildman–Crippen LogP) is 5.45. The van der Waals surface area contributed by atoms with E-state index in [-0.39, 0.29) is 21.4 Å². The zero-order chi connectivity index (χ0) is 24.1. The topological polar surface area (TPSA) is 108 Å². The van der Waals surface area contributed by atoms with Gasteiger partial charge in [-0.15, -0.1) is 5.11 Å². The third-order valence-corrected chi connectivity index (χ3v) is 4.91. The van der Waals surface area contributed by atoms with Crippen molar-refractivity contribution in [1.29, 1.82) is 5.26 Å². The molecule has 1 N–H and O–H groups in total. The molecule has 2 aromatic carbocycles. The molecule has 1 heterocycles. The summed E-state index contributed by atoms with van der Waals surface area (Å²) in [6, 6.07) is 16.1. The number of halogens is 2. The lowest BCUT2D eigenvalue weighted by atomic mass is 10.1. The number of nitro benzene ring substituents is 1. The standard InChI is InChI=1S/C21H20Cl2N5O2.CHNS/c22-19-14-18(28(29)30)15-20(23)21(19)26-25-17-6-4-16(5-7-17)8-9-24-10-13-27-11-2-1-3-12-27;2-1-3/h1-7,11-12,14-15,24H,8-10,13H2;3H/q+1;/p-1. The van der Waals surface area contributed by atoms with E-state index in [0.717, 1.165) is 26.1 Å². The molecular weight excluding hydrogens is 483 g/mol. The summed E-state index contributed by atoms with van der Waals surface area (Å²) in [5.74, 6) is 0. The Labute approximate surface area is 207 Å². The Bertz CT molecular complexity index is 1100. The molecule has 11 heteroatoms. The quantitative estimate of drug-likeness (QED) is 0.0795. The van der Waals surface area contributed by atoms with Gasteiger partial charge in [-0.05, 0) is 30.7 Å². The molecular formula is C22H20Cl2N6O2S. The first-order chi connectivity index (χ1) is 15.9. The van der Waals surface area contributed by atoms with Gasteiger partial charge in [-0.1, -0.05) is 46.8 Å². The molecule has 170 valence electrons. The van der Waals surface area contributed by atoms with Crippen molar-refractivity contribution in [2.75, 3.05) is 13.1 Å². The van der Waals surface area contributed by atoms with E-state index in [1.54, 1.807) is 0 Å². The van der Waals surface area contributed by atoms with Crippen LogP contribution in [-0.2, 0) is 25.6 Å². The van der Waals surface area contributed by atoms with Gasteiger partial charge < -0.3 is 17.9 Å². The number of nitrogens with one attached hydrogen (secondary N) is 1. The van der Waals surface area contributed by atoms with Crippen LogP contribution in [0.4, 0.5) is 17.1 Å². The van der Waals surface area contributed by atoms with Gasteiger partial charge in [0.1, 0.15) is 5.69 Å². The zero-order valence-electron chi connectivity index (χ0n) is 17.4. The van der Waals surface area contributed by atoms with E-state index in [4.69, 9.17) is 28.5 Å². The highest BCUT2D eigenvalue weighted by molar-refractivity contribution is 7.64. The SMILES string of the molecule is N#C[S-].O=[N+]([O-])c1cc(Cl)c(N=Nc2ccc(CCNCC[n+]3ccccc3)cc2)c(Cl)c1. The first kappa shape index (κ1) is 26.1. The van der Waals surface area contributed by atoms with Gasteiger partial charge in [0.2, 0.25) is 0 Å². The lowest BCUT2D eigenvalue weighted by molar-refractivity contribution is -0.695. The van der Waals surface area contributed by atoms with Crippen molar-refractivity contribution in [3.05, 3.63) is 92.7 Å². The Morgan fingerprint density at radius 3 is 2.24 bits per heavy atom. The molecule has 0 unspecified atom stereocenters. The van der Waals surface area contributed by atoms with Gasteiger partial charge in [0.05, 0.1) is 27.2 Å². The van der Waals surface area contributed by atoms with E-state index in [1.807, 2.05) is 54.9 Å². The van der Waals surface area contributed by atoms with E-state index < -0.39 is 4.92 Å². The molecule has 0 radical (unpaired) electrons. The Kier molecular flexibility index (Phi) is 11.1. The van der Waals surface area contributed by atoms with Crippen LogP contribution in [0.15, 0.2) is 77.2 Å². The summed E-state index contributed by atoms with van der Waals surface area (Å²) in [7, 11) is 0. The van der Waals surface area contributed by atoms with Crippen LogP contribution in [0.1, 0.15) is 5.56 Å². The Hall–Kier alpha value is -3.16. The Morgan fingerprint density at radius 1 is 1.06 bits per heavy atom. The van der Waals surface area contributed by atoms with Crippen molar-refractivity contribution in [3.63, 3.8) is 0 Å². The van der Waals surface area contributed by atoms with Crippen molar-refractivity contribution in [3.8, 4) is 5.40 Å². The lowest BCUT2D eigenvalue weighted by Gasteiger charge is -2.04. The molecule has 0 saturated heterocycles. The Morgan fingerprint density at radius 2 is 1.67 bits per heavy atom. The van der Waals surface area contributed by atoms with E-state index in [9.17, 15) is 10.1 Å². The fourth-order valence-corrected chi connectivity index (χ4v) is 3.29. The Balaban J connectivity index is 0.00000122. The number of pyridine rings is 1. The van der Waals surface area contributed by atoms with Gasteiger partial charge in [0.25, 0.3) is 5.69 Å². The summed E-state index contributed by atoms with van der Waals surface area (Å²) < 4.78 is 2.14. The highest BCUT2D eigenvalue weighted by Gasteiger charge is 2.14. The second-order valence-corrected chi connectivity index (χ2v) is 7.58. The highest BCUT2D eigenvalue weighted by atomic mass is 35.5. The third kappa shape index (κ3) is 9.08. The molecule has 0 atom stereocenters. The van der Waals surface area contributed by atoms with Crippen molar-refractivity contribution in [2.24, 2.45) is 10.2 Å². The fourth-order valence-electron chi connectivity index (χ4n) is 2.74. The monoisotopic (exact) mass is 502 g/mol. The molecule has 0 bridgehead atoms. The number of azo groups is 1. The number of hydrogen-bond acceptors (Lipinski definition) is 7. The van der Waals surface area contributed by atoms with Crippen LogP contribution >= 0.6 is 23.2 Å². The molecule has 3 rings (SSSR count). The first-order valence-electron chi connectivity index (χ1n) is 9.74. The van der Waals surface area contributed by atoms with Crippen molar-refractivity contribution in [1.82, 2.24) is 5.32 Å². The zero-order valence-corrected chi connectivity index (χ0v) is 19.7. The van der Waals surface area contributed by atoms with E-state index in [0.29, 0.717) is 5.69 Å². The average Bonchev–Trinajstić information content (AvgIpc) is 2.80. The minimum absolute atomic E-state index is 0.0781. The molecule has 3 aromatic rings. The number of thiocyanates is 1. The molecule has 0 spiro atoms. The number of nitro groups is 1. The normalized spacial score (nSPS) is 10.3. The molecule has 0 amide bonds. The van der Waals surface area contributed by atoms with Crippen LogP contribution < -0.4 is 9.88 Å². The van der Waals surface area contributed by atoms with Gasteiger partial charge >= 0.3 is 0 Å². The van der Waals surface area contributed by atoms with Crippen molar-refractivity contribution in [2.45, 2.75) is 13.0 Å². The van der Waals surface area contributed by atoms with Gasteiger partial charge in [-0.3, -0.25) is 10.1 Å². The summed E-state index contributed by atoms with van der Waals surface area (Å²) in [6.45, 7) is 2.70. The van der Waals surface area contributed by atoms with Crippen LogP contribution in [-0.4, -0.2) is 18.0 Å². The van der Waals surface area contributed by atoms with E-state index >= 15 is 0 Å². The van der Waals surface area contributed by atoms with Crippen LogP contribution in [0, 0.1) is 20.8 Å². The molecule has 0 fully saturated rings. The number of nitrogens with zero attached hydrogens (tertiary/aromatic N) is 5. The van der Waals surface area contributed by atoms with Gasteiger partial charge in [-0.2, -0.15) is 5.11 Å². The maximum absolute atomic E-state index is 10.8. The molecule has 0 aliphatic heterocycles. The molecule has 1 aromatic heterocycles. The minimum atomic E-state index is -0.563. The van der Waals surface area contributed by atoms with Crippen LogP contribution in [0.25, 0.3) is 0 Å². The second-order valence-electron chi connectivity index (χ2n) is 6.59. The summed E-state index contributed by atoms with van der Waals surface area (Å²) in [6.07, 6.45) is 4.99. The van der Waals surface area contributed by atoms with Crippen molar-refractivity contribution < 1.29 is 9.49 Å². The summed E-state index contributed by atoms with van der Waals surface area (Å²) in [5, 5.41) is 31.1. The number of nitriles is 1. The van der Waals surface area contributed by atoms with Gasteiger partial charge in [0, 0.05) is 24.3 Å². The largest absolute Gasteiger partial charge is 0.696 e. The van der Waals surface area contributed by atoms with E-state index in [2.05, 4.69) is 32.7 Å². The van der Waals surface area contributed by atoms with E-state index in [1.165, 1.54) is 23.1 Å². The lowest BCUT2D eigenvalue weighted by Crippen LogP contribution is -2.38. The van der Waals surface area contributed by atoms with Crippen LogP contribution in [0.3, 0.4) is 0 Å². The molecule has 0 aliphatic carbocycles. The number of non-ortho nitro benzene ring substituents is 1. The van der Waals surface area contributed by atoms with Crippen LogP contribution in [0.2, 0.25) is 10.0 Å². The second kappa shape index (κ2) is 14.1. The molecule has 8 nitrogen and oxygen atoms in total. The first-order valence-corrected chi connectivity index (χ1v) is 10.9. The molecule has 33 heavy (non-hydrogen) atoms. The number of hydrogen-bond donors (Lipinski definition) is 1. The van der Waals surface area contributed by atoms with Gasteiger partial charge in [0.15, 0.2) is 18.9 Å². The maximum Gasteiger partial charge on any atom is 0.272 e. The van der Waals surface area contributed by atoms with Crippen LogP contribution in [0.5, 0.6) is 0 Å². The number of rotatable bonds is 9. The summed E-state index contributed by atoms with van der Waals surface area (Å²) in [4.78, 5) is 10.3. The highest BCUT2D eigenvalue weighted by Crippen LogP contribution is 2.37. The minimum Gasteiger partial charge on any atom is -0.696 e. The van der Waals surface area contributed by atoms with Crippen molar-refractivity contribution >= 4 is 52.9 Å². The fraction of sp³-hybridized carbons (Fsp3) is 0.182. The molecule has 0 aliphatic rings. The summed E-state index contributed by atoms with van der Waals surface area (Å²) in [5.41, 5.74) is 1.83. The molecule has 0 saturated carbocycles. The smallest absolute Gasteiger partial charge is 0.272 e. The number of benzene rings is 2. The summed E-state index contributed by atoms with van der Waals surface area (Å²) >= 11 is 15.8. The predicted molar refractivity (Wildman–Crippen MR) is 130 cm³/mol. The average molecular weight is 503 g/mol. The number of aromatic nitrogens is 1. The maximum atomic E-state index is 10.8. The third-order valence-electron chi connectivity index (χ3n) is 4.33.